The Hall–Kier alpha value is -2.51. The number of nitrogens with zero attached hydrogens (tertiary/aromatic N) is 3. The second-order valence-corrected chi connectivity index (χ2v) is 8.50. The van der Waals surface area contributed by atoms with Crippen molar-refractivity contribution < 1.29 is 9.18 Å². The molecule has 0 radical (unpaired) electrons. The van der Waals surface area contributed by atoms with Crippen molar-refractivity contribution in [2.75, 3.05) is 44.2 Å². The van der Waals surface area contributed by atoms with Crippen LogP contribution in [0.3, 0.4) is 0 Å². The van der Waals surface area contributed by atoms with Crippen LogP contribution in [0.5, 0.6) is 0 Å². The first kappa shape index (κ1) is 19.8. The van der Waals surface area contributed by atoms with Crippen LogP contribution in [0.2, 0.25) is 0 Å². The molecule has 1 aromatic heterocycles. The minimum Gasteiger partial charge on any atom is -0.351 e. The van der Waals surface area contributed by atoms with Crippen LogP contribution in [0.1, 0.15) is 21.5 Å². The van der Waals surface area contributed by atoms with Gasteiger partial charge >= 0.3 is 0 Å². The largest absolute Gasteiger partial charge is 0.351 e. The number of carbonyl (C=O) groups excluding carboxylic acids is 1. The molecule has 1 saturated heterocycles. The predicted molar refractivity (Wildman–Crippen MR) is 116 cm³/mol. The van der Waals surface area contributed by atoms with Gasteiger partial charge in [0.1, 0.15) is 11.3 Å². The molecule has 3 aromatic rings. The second-order valence-electron chi connectivity index (χ2n) is 7.49. The van der Waals surface area contributed by atoms with Gasteiger partial charge in [0.05, 0.1) is 4.70 Å². The standard InChI is InChI=1S/C22H25FN4OS/c1-15-6-7-17(16(2)14-15)21(28)24-8-9-26-10-12-27(13-11-26)22-25-20-18(23)4-3-5-19(20)29-22/h3-7,14H,8-13H2,1-2H3,(H,24,28). The summed E-state index contributed by atoms with van der Waals surface area (Å²) in [7, 11) is 0. The van der Waals surface area contributed by atoms with Crippen molar-refractivity contribution in [1.29, 1.82) is 0 Å². The highest BCUT2D eigenvalue weighted by atomic mass is 32.1. The quantitative estimate of drug-likeness (QED) is 0.696. The lowest BCUT2D eigenvalue weighted by molar-refractivity contribution is 0.0947. The molecule has 0 unspecified atom stereocenters. The van der Waals surface area contributed by atoms with Gasteiger partial charge in [-0.1, -0.05) is 35.1 Å². The van der Waals surface area contributed by atoms with E-state index in [0.29, 0.717) is 12.1 Å². The van der Waals surface area contributed by atoms with Crippen LogP contribution < -0.4 is 10.2 Å². The van der Waals surface area contributed by atoms with Gasteiger partial charge in [-0.2, -0.15) is 0 Å². The smallest absolute Gasteiger partial charge is 0.251 e. The molecule has 5 nitrogen and oxygen atoms in total. The molecule has 0 bridgehead atoms. The first-order valence-corrected chi connectivity index (χ1v) is 10.7. The Bertz CT molecular complexity index is 1030. The molecule has 0 saturated carbocycles. The Kier molecular flexibility index (Phi) is 5.78. The molecule has 7 heteroatoms. The number of thiazole rings is 1. The molecule has 2 heterocycles. The Balaban J connectivity index is 1.26. The number of aryl methyl sites for hydroxylation is 2. The lowest BCUT2D eigenvalue weighted by Gasteiger charge is -2.34. The molecule has 152 valence electrons. The Morgan fingerprint density at radius 1 is 1.17 bits per heavy atom. The minimum atomic E-state index is -0.261. The molecule has 1 N–H and O–H groups in total. The molecular formula is C22H25FN4OS. The number of piperazine rings is 1. The molecule has 0 atom stereocenters. The lowest BCUT2D eigenvalue weighted by Crippen LogP contribution is -2.48. The van der Waals surface area contributed by atoms with E-state index in [1.54, 1.807) is 17.4 Å². The van der Waals surface area contributed by atoms with Gasteiger partial charge in [-0.25, -0.2) is 9.37 Å². The summed E-state index contributed by atoms with van der Waals surface area (Å²) in [6.45, 7) is 8.94. The van der Waals surface area contributed by atoms with Crippen LogP contribution in [-0.4, -0.2) is 55.1 Å². The molecule has 1 fully saturated rings. The highest BCUT2D eigenvalue weighted by Crippen LogP contribution is 2.30. The number of para-hydroxylation sites is 1. The number of fused-ring (bicyclic) bond motifs is 1. The van der Waals surface area contributed by atoms with E-state index in [9.17, 15) is 9.18 Å². The van der Waals surface area contributed by atoms with Crippen LogP contribution in [0.25, 0.3) is 10.2 Å². The van der Waals surface area contributed by atoms with Crippen LogP contribution in [-0.2, 0) is 0 Å². The van der Waals surface area contributed by atoms with E-state index in [2.05, 4.69) is 20.1 Å². The fourth-order valence-electron chi connectivity index (χ4n) is 3.69. The normalized spacial score (nSPS) is 15.1. The molecular weight excluding hydrogens is 387 g/mol. The maximum absolute atomic E-state index is 13.9. The highest BCUT2D eigenvalue weighted by molar-refractivity contribution is 7.22. The molecule has 1 aliphatic rings. The van der Waals surface area contributed by atoms with Gasteiger partial charge < -0.3 is 10.2 Å². The molecule has 1 amide bonds. The van der Waals surface area contributed by atoms with E-state index in [1.807, 2.05) is 38.1 Å². The first-order chi connectivity index (χ1) is 14.0. The van der Waals surface area contributed by atoms with Crippen molar-refractivity contribution in [3.8, 4) is 0 Å². The van der Waals surface area contributed by atoms with Crippen molar-refractivity contribution in [3.63, 3.8) is 0 Å². The molecule has 1 aliphatic heterocycles. The summed E-state index contributed by atoms with van der Waals surface area (Å²) < 4.78 is 14.8. The number of anilines is 1. The highest BCUT2D eigenvalue weighted by Gasteiger charge is 2.20. The maximum Gasteiger partial charge on any atom is 0.251 e. The Morgan fingerprint density at radius 2 is 1.97 bits per heavy atom. The first-order valence-electron chi connectivity index (χ1n) is 9.89. The van der Waals surface area contributed by atoms with E-state index in [0.717, 1.165) is 59.2 Å². The monoisotopic (exact) mass is 412 g/mol. The summed E-state index contributed by atoms with van der Waals surface area (Å²) >= 11 is 1.54. The van der Waals surface area contributed by atoms with E-state index in [-0.39, 0.29) is 11.7 Å². The van der Waals surface area contributed by atoms with Crippen molar-refractivity contribution >= 4 is 32.6 Å². The van der Waals surface area contributed by atoms with Crippen molar-refractivity contribution in [1.82, 2.24) is 15.2 Å². The fraction of sp³-hybridized carbons (Fsp3) is 0.364. The summed E-state index contributed by atoms with van der Waals surface area (Å²) in [4.78, 5) is 21.4. The summed E-state index contributed by atoms with van der Waals surface area (Å²) in [6.07, 6.45) is 0. The van der Waals surface area contributed by atoms with Crippen molar-refractivity contribution in [2.24, 2.45) is 0 Å². The van der Waals surface area contributed by atoms with Crippen LogP contribution in [0.4, 0.5) is 9.52 Å². The molecule has 0 aliphatic carbocycles. The number of benzene rings is 2. The third-order valence-corrected chi connectivity index (χ3v) is 6.42. The number of amides is 1. The third-order valence-electron chi connectivity index (χ3n) is 5.34. The van der Waals surface area contributed by atoms with Crippen LogP contribution >= 0.6 is 11.3 Å². The number of halogens is 1. The van der Waals surface area contributed by atoms with Crippen molar-refractivity contribution in [3.05, 3.63) is 58.9 Å². The average Bonchev–Trinajstić information content (AvgIpc) is 3.14. The number of nitrogens with one attached hydrogen (secondary N) is 1. The number of aromatic nitrogens is 1. The third kappa shape index (κ3) is 4.41. The van der Waals surface area contributed by atoms with Crippen molar-refractivity contribution in [2.45, 2.75) is 13.8 Å². The zero-order valence-corrected chi connectivity index (χ0v) is 17.6. The van der Waals surface area contributed by atoms with Crippen LogP contribution in [0, 0.1) is 19.7 Å². The summed E-state index contributed by atoms with van der Waals surface area (Å²) in [5.74, 6) is -0.277. The van der Waals surface area contributed by atoms with E-state index < -0.39 is 0 Å². The van der Waals surface area contributed by atoms with Gasteiger partial charge in [-0.05, 0) is 37.6 Å². The SMILES string of the molecule is Cc1ccc(C(=O)NCCN2CCN(c3nc4c(F)cccc4s3)CC2)c(C)c1. The van der Waals surface area contributed by atoms with E-state index in [1.165, 1.54) is 6.07 Å². The molecule has 0 spiro atoms. The Labute approximate surface area is 174 Å². The zero-order chi connectivity index (χ0) is 20.4. The molecule has 2 aromatic carbocycles. The lowest BCUT2D eigenvalue weighted by atomic mass is 10.1. The number of hydrogen-bond donors (Lipinski definition) is 1. The van der Waals surface area contributed by atoms with Gasteiger partial charge in [-0.15, -0.1) is 0 Å². The summed E-state index contributed by atoms with van der Waals surface area (Å²) in [5.41, 5.74) is 3.36. The second kappa shape index (κ2) is 8.47. The van der Waals surface area contributed by atoms with E-state index >= 15 is 0 Å². The predicted octanol–water partition coefficient (Wildman–Crippen LogP) is 3.60. The zero-order valence-electron chi connectivity index (χ0n) is 16.7. The van der Waals surface area contributed by atoms with Gasteiger partial charge in [0, 0.05) is 44.8 Å². The number of rotatable bonds is 5. The molecule has 4 rings (SSSR count). The topological polar surface area (TPSA) is 48.5 Å². The van der Waals surface area contributed by atoms with Gasteiger partial charge in [0.15, 0.2) is 5.13 Å². The summed E-state index contributed by atoms with van der Waals surface area (Å²) in [6, 6.07) is 11.0. The molecule has 29 heavy (non-hydrogen) atoms. The fourth-order valence-corrected chi connectivity index (χ4v) is 4.72. The van der Waals surface area contributed by atoms with Gasteiger partial charge in [0.2, 0.25) is 0 Å². The number of carbonyl (C=O) groups is 1. The maximum atomic E-state index is 13.9. The van der Waals surface area contributed by atoms with Gasteiger partial charge in [0.25, 0.3) is 5.91 Å². The average molecular weight is 413 g/mol. The Morgan fingerprint density at radius 3 is 2.69 bits per heavy atom. The summed E-state index contributed by atoms with van der Waals surface area (Å²) in [5, 5.41) is 3.91. The minimum absolute atomic E-state index is 0.0161. The van der Waals surface area contributed by atoms with Crippen LogP contribution in [0.15, 0.2) is 36.4 Å². The van der Waals surface area contributed by atoms with Gasteiger partial charge in [-0.3, -0.25) is 9.69 Å². The number of hydrogen-bond acceptors (Lipinski definition) is 5. The van der Waals surface area contributed by atoms with E-state index in [4.69, 9.17) is 0 Å².